The first kappa shape index (κ1) is 11.7. The van der Waals surface area contributed by atoms with Crippen LogP contribution < -0.4 is 15.8 Å². The number of hydrogen-bond donors (Lipinski definition) is 4. The summed E-state index contributed by atoms with van der Waals surface area (Å²) < 4.78 is 24.8. The summed E-state index contributed by atoms with van der Waals surface area (Å²) in [6.07, 6.45) is 0. The van der Waals surface area contributed by atoms with Crippen LogP contribution in [0.3, 0.4) is 0 Å². The molecule has 8 nitrogen and oxygen atoms in total. The highest BCUT2D eigenvalue weighted by atomic mass is 32.2. The van der Waals surface area contributed by atoms with Crippen molar-refractivity contribution < 1.29 is 8.42 Å². The van der Waals surface area contributed by atoms with Gasteiger partial charge in [-0.1, -0.05) is 6.92 Å². The van der Waals surface area contributed by atoms with Crippen molar-refractivity contribution in [2.24, 2.45) is 0 Å². The predicted molar refractivity (Wildman–Crippen MR) is 56.7 cm³/mol. The Morgan fingerprint density at radius 3 is 2.80 bits per heavy atom. The van der Waals surface area contributed by atoms with Crippen LogP contribution in [0.5, 0.6) is 0 Å². The number of nitrogen functional groups attached to an aromatic ring is 1. The molecule has 0 spiro atoms. The van der Waals surface area contributed by atoms with E-state index in [4.69, 9.17) is 5.73 Å². The lowest BCUT2D eigenvalue weighted by Crippen LogP contribution is -2.29. The van der Waals surface area contributed by atoms with Crippen molar-refractivity contribution in [2.45, 2.75) is 6.92 Å². The number of aromatic amines is 1. The molecule has 1 aromatic rings. The Kier molecular flexibility index (Phi) is 3.86. The molecule has 0 saturated carbocycles. The summed E-state index contributed by atoms with van der Waals surface area (Å²) in [5.41, 5.74) is 5.28. The molecule has 0 fully saturated rings. The first-order valence-electron chi connectivity index (χ1n) is 4.42. The van der Waals surface area contributed by atoms with Crippen molar-refractivity contribution in [3.05, 3.63) is 0 Å². The number of sulfonamides is 1. The standard InChI is InChI=1S/C6H14N6O2S/c1-2-9-15(13,14)4-3-8-6-10-5(7)11-12-6/h9H,2-4H2,1H3,(H4,7,8,10,11,12). The van der Waals surface area contributed by atoms with Crippen molar-refractivity contribution in [3.8, 4) is 0 Å². The summed E-state index contributed by atoms with van der Waals surface area (Å²) in [6, 6.07) is 0. The zero-order valence-corrected chi connectivity index (χ0v) is 9.13. The second-order valence-corrected chi connectivity index (χ2v) is 4.71. The quantitative estimate of drug-likeness (QED) is 0.486. The molecule has 0 aromatic carbocycles. The molecular weight excluding hydrogens is 220 g/mol. The molecule has 0 amide bonds. The Bertz CT molecular complexity index is 400. The van der Waals surface area contributed by atoms with E-state index in [-0.39, 0.29) is 18.2 Å². The van der Waals surface area contributed by atoms with Crippen LogP contribution in [-0.4, -0.2) is 42.4 Å². The van der Waals surface area contributed by atoms with Crippen LogP contribution in [0, 0.1) is 0 Å². The second-order valence-electron chi connectivity index (χ2n) is 2.79. The summed E-state index contributed by atoms with van der Waals surface area (Å²) in [5.74, 6) is 0.446. The zero-order chi connectivity index (χ0) is 11.3. The molecule has 0 unspecified atom stereocenters. The van der Waals surface area contributed by atoms with Gasteiger partial charge in [0.2, 0.25) is 21.9 Å². The molecular formula is C6H14N6O2S. The summed E-state index contributed by atoms with van der Waals surface area (Å²) in [6.45, 7) is 2.34. The molecule has 0 aliphatic rings. The molecule has 0 bridgehead atoms. The number of nitrogens with one attached hydrogen (secondary N) is 3. The maximum absolute atomic E-state index is 11.2. The number of nitrogens with two attached hydrogens (primary N) is 1. The van der Waals surface area contributed by atoms with Crippen molar-refractivity contribution in [1.29, 1.82) is 0 Å². The normalized spacial score (nSPS) is 11.5. The zero-order valence-electron chi connectivity index (χ0n) is 8.32. The van der Waals surface area contributed by atoms with Crippen LogP contribution in [-0.2, 0) is 10.0 Å². The van der Waals surface area contributed by atoms with Gasteiger partial charge in [0.05, 0.1) is 5.75 Å². The summed E-state index contributed by atoms with van der Waals surface area (Å²) >= 11 is 0. The van der Waals surface area contributed by atoms with E-state index in [9.17, 15) is 8.42 Å². The van der Waals surface area contributed by atoms with E-state index in [1.54, 1.807) is 6.92 Å². The van der Waals surface area contributed by atoms with E-state index in [1.807, 2.05) is 0 Å². The molecule has 15 heavy (non-hydrogen) atoms. The molecule has 9 heteroatoms. The number of hydrogen-bond acceptors (Lipinski definition) is 6. The van der Waals surface area contributed by atoms with E-state index in [1.165, 1.54) is 0 Å². The minimum atomic E-state index is -3.20. The molecule has 0 radical (unpaired) electrons. The predicted octanol–water partition coefficient (Wildman–Crippen LogP) is -1.26. The van der Waals surface area contributed by atoms with Crippen LogP contribution in [0.25, 0.3) is 0 Å². The Labute approximate surface area is 87.7 Å². The van der Waals surface area contributed by atoms with Crippen molar-refractivity contribution in [2.75, 3.05) is 29.9 Å². The lowest BCUT2D eigenvalue weighted by atomic mass is 10.7. The maximum Gasteiger partial charge on any atom is 0.243 e. The van der Waals surface area contributed by atoms with Crippen molar-refractivity contribution >= 4 is 21.9 Å². The van der Waals surface area contributed by atoms with Crippen molar-refractivity contribution in [3.63, 3.8) is 0 Å². The molecule has 0 aliphatic heterocycles. The third-order valence-electron chi connectivity index (χ3n) is 1.52. The van der Waals surface area contributed by atoms with Crippen LogP contribution in [0.2, 0.25) is 0 Å². The first-order chi connectivity index (χ1) is 7.03. The Morgan fingerprint density at radius 1 is 1.53 bits per heavy atom. The average molecular weight is 234 g/mol. The van der Waals surface area contributed by atoms with E-state index >= 15 is 0 Å². The average Bonchev–Trinajstić information content (AvgIpc) is 2.51. The van der Waals surface area contributed by atoms with Gasteiger partial charge in [0.1, 0.15) is 0 Å². The molecule has 0 aliphatic carbocycles. The van der Waals surface area contributed by atoms with Crippen LogP contribution in [0.15, 0.2) is 0 Å². The van der Waals surface area contributed by atoms with Gasteiger partial charge in [-0.25, -0.2) is 18.2 Å². The Hall–Kier alpha value is -1.35. The van der Waals surface area contributed by atoms with Gasteiger partial charge in [0.15, 0.2) is 0 Å². The molecule has 86 valence electrons. The van der Waals surface area contributed by atoms with E-state index in [0.29, 0.717) is 12.5 Å². The maximum atomic E-state index is 11.2. The fraction of sp³-hybridized carbons (Fsp3) is 0.667. The molecule has 1 rings (SSSR count). The monoisotopic (exact) mass is 234 g/mol. The Balaban J connectivity index is 2.33. The van der Waals surface area contributed by atoms with Crippen LogP contribution in [0.4, 0.5) is 11.9 Å². The SMILES string of the molecule is CCNS(=O)(=O)CCNc1n[nH]c(N)n1. The van der Waals surface area contributed by atoms with Gasteiger partial charge in [-0.3, -0.25) is 0 Å². The van der Waals surface area contributed by atoms with Crippen LogP contribution in [0.1, 0.15) is 6.92 Å². The van der Waals surface area contributed by atoms with E-state index in [2.05, 4.69) is 25.2 Å². The highest BCUT2D eigenvalue weighted by Gasteiger charge is 2.08. The lowest BCUT2D eigenvalue weighted by Gasteiger charge is -2.03. The van der Waals surface area contributed by atoms with Gasteiger partial charge in [-0.2, -0.15) is 4.98 Å². The highest BCUT2D eigenvalue weighted by Crippen LogP contribution is 1.97. The van der Waals surface area contributed by atoms with Gasteiger partial charge in [-0.15, -0.1) is 5.10 Å². The Morgan fingerprint density at radius 2 is 2.27 bits per heavy atom. The molecule has 0 saturated heterocycles. The fourth-order valence-corrected chi connectivity index (χ4v) is 1.90. The molecule has 0 atom stereocenters. The van der Waals surface area contributed by atoms with Gasteiger partial charge in [-0.05, 0) is 0 Å². The minimum absolute atomic E-state index is 0.0325. The third-order valence-corrected chi connectivity index (χ3v) is 2.99. The number of nitrogens with zero attached hydrogens (tertiary/aromatic N) is 2. The third kappa shape index (κ3) is 4.13. The first-order valence-corrected chi connectivity index (χ1v) is 6.08. The largest absolute Gasteiger partial charge is 0.368 e. The van der Waals surface area contributed by atoms with Crippen molar-refractivity contribution in [1.82, 2.24) is 19.9 Å². The van der Waals surface area contributed by atoms with Gasteiger partial charge in [0.25, 0.3) is 0 Å². The summed E-state index contributed by atoms with van der Waals surface area (Å²) in [4.78, 5) is 3.76. The molecule has 1 heterocycles. The number of rotatable bonds is 6. The second kappa shape index (κ2) is 4.94. The smallest absolute Gasteiger partial charge is 0.243 e. The van der Waals surface area contributed by atoms with Gasteiger partial charge >= 0.3 is 0 Å². The topological polar surface area (TPSA) is 126 Å². The van der Waals surface area contributed by atoms with E-state index < -0.39 is 10.0 Å². The van der Waals surface area contributed by atoms with E-state index in [0.717, 1.165) is 0 Å². The molecule has 1 aromatic heterocycles. The number of aromatic nitrogens is 3. The van der Waals surface area contributed by atoms with Crippen LogP contribution >= 0.6 is 0 Å². The summed E-state index contributed by atoms with van der Waals surface area (Å²) in [5, 5.41) is 8.85. The van der Waals surface area contributed by atoms with Gasteiger partial charge < -0.3 is 11.1 Å². The highest BCUT2D eigenvalue weighted by molar-refractivity contribution is 7.89. The molecule has 5 N–H and O–H groups in total. The number of anilines is 2. The fourth-order valence-electron chi connectivity index (χ4n) is 0.943. The summed E-state index contributed by atoms with van der Waals surface area (Å²) in [7, 11) is -3.20. The minimum Gasteiger partial charge on any atom is -0.368 e. The van der Waals surface area contributed by atoms with Gasteiger partial charge in [0, 0.05) is 13.1 Å². The number of H-pyrrole nitrogens is 1. The lowest BCUT2D eigenvalue weighted by molar-refractivity contribution is 0.584.